The van der Waals surface area contributed by atoms with E-state index in [-0.39, 0.29) is 0 Å². The Kier molecular flexibility index (Phi) is 2.96. The predicted molar refractivity (Wildman–Crippen MR) is 59.2 cm³/mol. The average molecular weight is 226 g/mol. The number of nitrogens with zero attached hydrogens (tertiary/aromatic N) is 2. The lowest BCUT2D eigenvalue weighted by molar-refractivity contribution is 1.32. The quantitative estimate of drug-likeness (QED) is 0.816. The van der Waals surface area contributed by atoms with E-state index in [0.29, 0.717) is 5.88 Å². The van der Waals surface area contributed by atoms with Crippen molar-refractivity contribution < 1.29 is 0 Å². The second-order valence-electron chi connectivity index (χ2n) is 2.70. The highest BCUT2D eigenvalue weighted by molar-refractivity contribution is 7.09. The molecule has 0 aliphatic heterocycles. The minimum atomic E-state index is 0.541. The standard InChI is InChI=1S/C9H8ClN3S/c10-5-7-1-3-8(4-2-7)13-9-11-6-12-14-9/h1-4,6H,5H2,(H,11,12,13). The summed E-state index contributed by atoms with van der Waals surface area (Å²) < 4.78 is 3.90. The first-order valence-electron chi connectivity index (χ1n) is 4.07. The summed E-state index contributed by atoms with van der Waals surface area (Å²) in [5.74, 6) is 0.541. The van der Waals surface area contributed by atoms with Gasteiger partial charge in [-0.3, -0.25) is 0 Å². The number of rotatable bonds is 3. The molecule has 0 saturated carbocycles. The van der Waals surface area contributed by atoms with Crippen molar-refractivity contribution in [1.29, 1.82) is 0 Å². The third-order valence-electron chi connectivity index (χ3n) is 1.72. The van der Waals surface area contributed by atoms with Crippen LogP contribution in [0.3, 0.4) is 0 Å². The molecular formula is C9H8ClN3S. The summed E-state index contributed by atoms with van der Waals surface area (Å²) in [7, 11) is 0. The van der Waals surface area contributed by atoms with Crippen molar-refractivity contribution in [3.8, 4) is 0 Å². The summed E-state index contributed by atoms with van der Waals surface area (Å²) in [5.41, 5.74) is 2.10. The van der Waals surface area contributed by atoms with Crippen LogP contribution in [0.4, 0.5) is 10.8 Å². The molecule has 1 aromatic carbocycles. The van der Waals surface area contributed by atoms with Crippen molar-refractivity contribution in [2.24, 2.45) is 0 Å². The average Bonchev–Trinajstić information content (AvgIpc) is 2.72. The molecule has 5 heteroatoms. The predicted octanol–water partition coefficient (Wildman–Crippen LogP) is 3.02. The maximum atomic E-state index is 5.68. The molecule has 0 aliphatic rings. The zero-order valence-corrected chi connectivity index (χ0v) is 8.85. The molecule has 0 aliphatic carbocycles. The van der Waals surface area contributed by atoms with E-state index in [1.54, 1.807) is 0 Å². The lowest BCUT2D eigenvalue weighted by Crippen LogP contribution is -1.88. The van der Waals surface area contributed by atoms with E-state index < -0.39 is 0 Å². The minimum Gasteiger partial charge on any atom is -0.330 e. The van der Waals surface area contributed by atoms with E-state index in [1.165, 1.54) is 17.9 Å². The highest BCUT2D eigenvalue weighted by atomic mass is 35.5. The van der Waals surface area contributed by atoms with Gasteiger partial charge in [-0.15, -0.1) is 11.6 Å². The molecule has 1 heterocycles. The Morgan fingerprint density at radius 1 is 1.29 bits per heavy atom. The van der Waals surface area contributed by atoms with E-state index in [4.69, 9.17) is 11.6 Å². The van der Waals surface area contributed by atoms with Crippen LogP contribution >= 0.6 is 23.1 Å². The van der Waals surface area contributed by atoms with Crippen LogP contribution in [0.2, 0.25) is 0 Å². The van der Waals surface area contributed by atoms with Crippen molar-refractivity contribution in [3.63, 3.8) is 0 Å². The third-order valence-corrected chi connectivity index (χ3v) is 2.61. The van der Waals surface area contributed by atoms with Gasteiger partial charge in [-0.05, 0) is 17.7 Å². The smallest absolute Gasteiger partial charge is 0.206 e. The fourth-order valence-electron chi connectivity index (χ4n) is 1.03. The van der Waals surface area contributed by atoms with Crippen molar-refractivity contribution >= 4 is 34.0 Å². The van der Waals surface area contributed by atoms with Gasteiger partial charge in [0.15, 0.2) is 0 Å². The first kappa shape index (κ1) is 9.43. The van der Waals surface area contributed by atoms with Crippen molar-refractivity contribution in [3.05, 3.63) is 36.2 Å². The molecule has 72 valence electrons. The van der Waals surface area contributed by atoms with Gasteiger partial charge < -0.3 is 5.32 Å². The molecule has 0 radical (unpaired) electrons. The zero-order chi connectivity index (χ0) is 9.80. The van der Waals surface area contributed by atoms with Crippen LogP contribution in [0.15, 0.2) is 30.6 Å². The number of anilines is 2. The summed E-state index contributed by atoms with van der Waals surface area (Å²) in [4.78, 5) is 4.02. The number of benzene rings is 1. The molecule has 0 atom stereocenters. The van der Waals surface area contributed by atoms with Gasteiger partial charge in [0, 0.05) is 23.1 Å². The number of halogens is 1. The lowest BCUT2D eigenvalue weighted by atomic mass is 10.2. The Morgan fingerprint density at radius 2 is 2.07 bits per heavy atom. The molecule has 0 bridgehead atoms. The number of hydrogen-bond acceptors (Lipinski definition) is 4. The molecule has 2 aromatic rings. The summed E-state index contributed by atoms with van der Waals surface area (Å²) in [6.07, 6.45) is 1.53. The first-order valence-corrected chi connectivity index (χ1v) is 5.38. The number of nitrogens with one attached hydrogen (secondary N) is 1. The monoisotopic (exact) mass is 225 g/mol. The van der Waals surface area contributed by atoms with Gasteiger partial charge in [0.05, 0.1) is 0 Å². The number of alkyl halides is 1. The van der Waals surface area contributed by atoms with Gasteiger partial charge in [-0.2, -0.15) is 4.37 Å². The first-order chi connectivity index (χ1) is 6.88. The summed E-state index contributed by atoms with van der Waals surface area (Å²) in [6, 6.07) is 7.91. The van der Waals surface area contributed by atoms with Crippen LogP contribution in [-0.4, -0.2) is 9.36 Å². The van der Waals surface area contributed by atoms with Gasteiger partial charge in [-0.25, -0.2) is 4.98 Å². The maximum Gasteiger partial charge on any atom is 0.206 e. The van der Waals surface area contributed by atoms with Crippen LogP contribution in [0, 0.1) is 0 Å². The van der Waals surface area contributed by atoms with Crippen molar-refractivity contribution in [1.82, 2.24) is 9.36 Å². The SMILES string of the molecule is ClCc1ccc(Nc2ncns2)cc1. The molecule has 2 rings (SSSR count). The van der Waals surface area contributed by atoms with Crippen LogP contribution in [0.1, 0.15) is 5.56 Å². The van der Waals surface area contributed by atoms with Gasteiger partial charge in [0.2, 0.25) is 5.13 Å². The van der Waals surface area contributed by atoms with Crippen LogP contribution < -0.4 is 5.32 Å². The van der Waals surface area contributed by atoms with E-state index in [0.717, 1.165) is 16.4 Å². The molecule has 14 heavy (non-hydrogen) atoms. The zero-order valence-electron chi connectivity index (χ0n) is 7.27. The minimum absolute atomic E-state index is 0.541. The summed E-state index contributed by atoms with van der Waals surface area (Å²) >= 11 is 7.01. The van der Waals surface area contributed by atoms with E-state index >= 15 is 0 Å². The topological polar surface area (TPSA) is 37.8 Å². The summed E-state index contributed by atoms with van der Waals surface area (Å²) in [5, 5.41) is 3.93. The van der Waals surface area contributed by atoms with Gasteiger partial charge in [-0.1, -0.05) is 12.1 Å². The number of aromatic nitrogens is 2. The molecule has 1 N–H and O–H groups in total. The Labute approximate surface area is 90.9 Å². The van der Waals surface area contributed by atoms with Crippen LogP contribution in [0.25, 0.3) is 0 Å². The molecule has 0 fully saturated rings. The maximum absolute atomic E-state index is 5.68. The van der Waals surface area contributed by atoms with E-state index in [9.17, 15) is 0 Å². The summed E-state index contributed by atoms with van der Waals surface area (Å²) in [6.45, 7) is 0. The molecule has 1 aromatic heterocycles. The Morgan fingerprint density at radius 3 is 2.64 bits per heavy atom. The largest absolute Gasteiger partial charge is 0.330 e. The molecular weight excluding hydrogens is 218 g/mol. The number of hydrogen-bond donors (Lipinski definition) is 1. The Balaban J connectivity index is 2.10. The van der Waals surface area contributed by atoms with E-state index in [1.807, 2.05) is 24.3 Å². The third kappa shape index (κ3) is 2.21. The highest BCUT2D eigenvalue weighted by Gasteiger charge is 1.97. The lowest BCUT2D eigenvalue weighted by Gasteiger charge is -2.01. The Hall–Kier alpha value is -1.13. The molecule has 0 saturated heterocycles. The fourth-order valence-corrected chi connectivity index (χ4v) is 1.66. The molecule has 0 spiro atoms. The normalized spacial score (nSPS) is 10.1. The molecule has 0 unspecified atom stereocenters. The second-order valence-corrected chi connectivity index (χ2v) is 3.75. The van der Waals surface area contributed by atoms with Gasteiger partial charge >= 0.3 is 0 Å². The van der Waals surface area contributed by atoms with E-state index in [2.05, 4.69) is 14.7 Å². The van der Waals surface area contributed by atoms with Crippen molar-refractivity contribution in [2.75, 3.05) is 5.32 Å². The molecule has 3 nitrogen and oxygen atoms in total. The van der Waals surface area contributed by atoms with Crippen LogP contribution in [-0.2, 0) is 5.88 Å². The fraction of sp³-hybridized carbons (Fsp3) is 0.111. The van der Waals surface area contributed by atoms with Crippen LogP contribution in [0.5, 0.6) is 0 Å². The highest BCUT2D eigenvalue weighted by Crippen LogP contribution is 2.17. The van der Waals surface area contributed by atoms with Gasteiger partial charge in [0.1, 0.15) is 6.33 Å². The molecule has 0 amide bonds. The Bertz CT molecular complexity index is 385. The van der Waals surface area contributed by atoms with Crippen molar-refractivity contribution in [2.45, 2.75) is 5.88 Å². The second kappa shape index (κ2) is 4.39. The van der Waals surface area contributed by atoms with Gasteiger partial charge in [0.25, 0.3) is 0 Å².